The molecule has 2 N–H and O–H groups in total. The summed E-state index contributed by atoms with van der Waals surface area (Å²) >= 11 is 0.988. The van der Waals surface area contributed by atoms with Crippen LogP contribution in [0.4, 0.5) is 11.4 Å². The summed E-state index contributed by atoms with van der Waals surface area (Å²) in [5.74, 6) is 0.0875. The van der Waals surface area contributed by atoms with E-state index in [4.69, 9.17) is 10.00 Å². The van der Waals surface area contributed by atoms with E-state index in [-0.39, 0.29) is 10.8 Å². The van der Waals surface area contributed by atoms with Crippen LogP contribution in [0.2, 0.25) is 0 Å². The predicted octanol–water partition coefficient (Wildman–Crippen LogP) is 2.78. The zero-order chi connectivity index (χ0) is 18.0. The number of thiocyanates is 1. The Morgan fingerprint density at radius 3 is 2.64 bits per heavy atom. The molecule has 0 aromatic heterocycles. The van der Waals surface area contributed by atoms with Gasteiger partial charge in [-0.1, -0.05) is 0 Å². The number of ether oxygens (including phenoxy) is 1. The van der Waals surface area contributed by atoms with E-state index in [1.165, 1.54) is 18.2 Å². The lowest BCUT2D eigenvalue weighted by Crippen LogP contribution is -2.34. The standard InChI is InChI=1S/C16H13N3O4S2/c1-10-16(20)18-14-8-13(6-7-15(14)23-10)25(21,22)19-11-2-4-12(5-3-11)24-9-17/h2-8,10,19H,1H3,(H,18,20). The molecule has 1 aliphatic rings. The second kappa shape index (κ2) is 6.66. The molecule has 1 atom stereocenters. The Balaban J connectivity index is 1.84. The number of nitrogens with one attached hydrogen (secondary N) is 2. The number of nitrogens with zero attached hydrogens (tertiary/aromatic N) is 1. The SMILES string of the molecule is CC1Oc2ccc(S(=O)(=O)Nc3ccc(SC#N)cc3)cc2NC1=O. The molecule has 1 aliphatic heterocycles. The number of carbonyl (C=O) groups excluding carboxylic acids is 1. The fourth-order valence-corrected chi connectivity index (χ4v) is 3.67. The van der Waals surface area contributed by atoms with Gasteiger partial charge in [0.05, 0.1) is 10.6 Å². The van der Waals surface area contributed by atoms with Crippen molar-refractivity contribution in [2.75, 3.05) is 10.0 Å². The molecule has 1 heterocycles. The van der Waals surface area contributed by atoms with E-state index in [1.54, 1.807) is 31.2 Å². The number of nitriles is 1. The Morgan fingerprint density at radius 2 is 1.96 bits per heavy atom. The van der Waals surface area contributed by atoms with Crippen LogP contribution in [0.15, 0.2) is 52.3 Å². The molecule has 0 aliphatic carbocycles. The lowest BCUT2D eigenvalue weighted by Gasteiger charge is -2.23. The number of benzene rings is 2. The van der Waals surface area contributed by atoms with E-state index in [1.807, 2.05) is 5.40 Å². The first-order chi connectivity index (χ1) is 11.9. The lowest BCUT2D eigenvalue weighted by atomic mass is 10.2. The van der Waals surface area contributed by atoms with E-state index in [9.17, 15) is 13.2 Å². The average Bonchev–Trinajstić information content (AvgIpc) is 2.57. The molecule has 0 bridgehead atoms. The Hall–Kier alpha value is -2.70. The third-order valence-electron chi connectivity index (χ3n) is 3.46. The Kier molecular flexibility index (Phi) is 4.57. The van der Waals surface area contributed by atoms with Crippen LogP contribution in [0.5, 0.6) is 5.75 Å². The molecule has 0 saturated heterocycles. The Labute approximate surface area is 149 Å². The van der Waals surface area contributed by atoms with Gasteiger partial charge >= 0.3 is 0 Å². The van der Waals surface area contributed by atoms with Crippen molar-refractivity contribution < 1.29 is 17.9 Å². The predicted molar refractivity (Wildman–Crippen MR) is 93.9 cm³/mol. The summed E-state index contributed by atoms with van der Waals surface area (Å²) in [7, 11) is -3.83. The second-order valence-corrected chi connectivity index (χ2v) is 7.77. The van der Waals surface area contributed by atoms with Gasteiger partial charge in [0.25, 0.3) is 15.9 Å². The van der Waals surface area contributed by atoms with Crippen LogP contribution in [-0.4, -0.2) is 20.4 Å². The molecule has 3 rings (SSSR count). The van der Waals surface area contributed by atoms with Gasteiger partial charge in [-0.05, 0) is 61.2 Å². The molecule has 1 unspecified atom stereocenters. The minimum atomic E-state index is -3.83. The number of hydrogen-bond acceptors (Lipinski definition) is 6. The van der Waals surface area contributed by atoms with E-state index in [2.05, 4.69) is 10.0 Å². The molecule has 0 spiro atoms. The summed E-state index contributed by atoms with van der Waals surface area (Å²) in [5, 5.41) is 13.2. The van der Waals surface area contributed by atoms with Crippen LogP contribution in [-0.2, 0) is 14.8 Å². The van der Waals surface area contributed by atoms with Crippen LogP contribution in [0.3, 0.4) is 0 Å². The lowest BCUT2D eigenvalue weighted by molar-refractivity contribution is -0.122. The number of thioether (sulfide) groups is 1. The maximum atomic E-state index is 12.5. The maximum Gasteiger partial charge on any atom is 0.265 e. The van der Waals surface area contributed by atoms with Gasteiger partial charge < -0.3 is 10.1 Å². The molecule has 128 valence electrons. The minimum Gasteiger partial charge on any atom is -0.479 e. The highest BCUT2D eigenvalue weighted by molar-refractivity contribution is 8.03. The molecule has 0 radical (unpaired) electrons. The zero-order valence-electron chi connectivity index (χ0n) is 13.0. The van der Waals surface area contributed by atoms with Crippen molar-refractivity contribution in [1.29, 1.82) is 5.26 Å². The van der Waals surface area contributed by atoms with Gasteiger partial charge in [0.2, 0.25) is 0 Å². The normalized spacial score (nSPS) is 16.2. The number of rotatable bonds is 4. The first kappa shape index (κ1) is 17.1. The van der Waals surface area contributed by atoms with Gasteiger partial charge in [0, 0.05) is 10.6 Å². The molecular weight excluding hydrogens is 362 g/mol. The third kappa shape index (κ3) is 3.70. The van der Waals surface area contributed by atoms with Gasteiger partial charge in [0.1, 0.15) is 11.2 Å². The third-order valence-corrected chi connectivity index (χ3v) is 5.44. The molecule has 0 saturated carbocycles. The van der Waals surface area contributed by atoms with Crippen molar-refractivity contribution in [1.82, 2.24) is 0 Å². The molecular formula is C16H13N3O4S2. The van der Waals surface area contributed by atoms with Crippen LogP contribution < -0.4 is 14.8 Å². The van der Waals surface area contributed by atoms with E-state index in [0.29, 0.717) is 22.0 Å². The fourth-order valence-electron chi connectivity index (χ4n) is 2.21. The number of amides is 1. The molecule has 25 heavy (non-hydrogen) atoms. The van der Waals surface area contributed by atoms with Crippen molar-refractivity contribution in [3.8, 4) is 11.2 Å². The molecule has 9 heteroatoms. The maximum absolute atomic E-state index is 12.5. The zero-order valence-corrected chi connectivity index (χ0v) is 14.6. The summed E-state index contributed by atoms with van der Waals surface area (Å²) in [6, 6.07) is 10.7. The summed E-state index contributed by atoms with van der Waals surface area (Å²) in [4.78, 5) is 12.4. The number of sulfonamides is 1. The van der Waals surface area contributed by atoms with Gasteiger partial charge in [-0.25, -0.2) is 8.42 Å². The van der Waals surface area contributed by atoms with Gasteiger partial charge in [-0.15, -0.1) is 0 Å². The summed E-state index contributed by atoms with van der Waals surface area (Å²) in [6.45, 7) is 1.61. The number of anilines is 2. The largest absolute Gasteiger partial charge is 0.479 e. The van der Waals surface area contributed by atoms with E-state index in [0.717, 1.165) is 11.8 Å². The topological polar surface area (TPSA) is 108 Å². The first-order valence-electron chi connectivity index (χ1n) is 7.19. The molecule has 7 nitrogen and oxygen atoms in total. The van der Waals surface area contributed by atoms with Crippen LogP contribution >= 0.6 is 11.8 Å². The van der Waals surface area contributed by atoms with E-state index < -0.39 is 16.1 Å². The van der Waals surface area contributed by atoms with Crippen LogP contribution in [0, 0.1) is 10.7 Å². The average molecular weight is 375 g/mol. The minimum absolute atomic E-state index is 0.000166. The summed E-state index contributed by atoms with van der Waals surface area (Å²) < 4.78 is 32.9. The first-order valence-corrected chi connectivity index (χ1v) is 9.49. The van der Waals surface area contributed by atoms with Crippen molar-refractivity contribution in [2.24, 2.45) is 0 Å². The van der Waals surface area contributed by atoms with Gasteiger partial charge in [-0.3, -0.25) is 9.52 Å². The van der Waals surface area contributed by atoms with Gasteiger partial charge in [-0.2, -0.15) is 5.26 Å². The number of fused-ring (bicyclic) bond motifs is 1. The Morgan fingerprint density at radius 1 is 1.24 bits per heavy atom. The number of hydrogen-bond donors (Lipinski definition) is 2. The fraction of sp³-hybridized carbons (Fsp3) is 0.125. The molecule has 2 aromatic rings. The van der Waals surface area contributed by atoms with Crippen LogP contribution in [0.25, 0.3) is 0 Å². The quantitative estimate of drug-likeness (QED) is 0.628. The molecule has 2 aromatic carbocycles. The summed E-state index contributed by atoms with van der Waals surface area (Å²) in [6.07, 6.45) is -0.627. The highest BCUT2D eigenvalue weighted by Crippen LogP contribution is 2.32. The van der Waals surface area contributed by atoms with Crippen molar-refractivity contribution in [2.45, 2.75) is 22.8 Å². The second-order valence-electron chi connectivity index (χ2n) is 5.23. The molecule has 0 fully saturated rings. The number of carbonyl (C=O) groups is 1. The van der Waals surface area contributed by atoms with Crippen molar-refractivity contribution >= 4 is 39.1 Å². The highest BCUT2D eigenvalue weighted by atomic mass is 32.2. The van der Waals surface area contributed by atoms with Crippen molar-refractivity contribution in [3.63, 3.8) is 0 Å². The van der Waals surface area contributed by atoms with Gasteiger partial charge in [0.15, 0.2) is 6.10 Å². The monoisotopic (exact) mass is 375 g/mol. The Bertz CT molecular complexity index is 966. The van der Waals surface area contributed by atoms with Crippen LogP contribution in [0.1, 0.15) is 6.92 Å². The highest BCUT2D eigenvalue weighted by Gasteiger charge is 2.25. The molecule has 1 amide bonds. The van der Waals surface area contributed by atoms with E-state index >= 15 is 0 Å². The smallest absolute Gasteiger partial charge is 0.265 e. The summed E-state index contributed by atoms with van der Waals surface area (Å²) in [5.41, 5.74) is 0.681. The van der Waals surface area contributed by atoms with Crippen molar-refractivity contribution in [3.05, 3.63) is 42.5 Å².